The highest BCUT2D eigenvalue weighted by atomic mass is 16.1. The molecule has 0 bridgehead atoms. The molecule has 0 fully saturated rings. The second-order valence-corrected chi connectivity index (χ2v) is 4.02. The highest BCUT2D eigenvalue weighted by Crippen LogP contribution is 2.07. The number of aromatic amines is 1. The largest absolute Gasteiger partial charge is 0.344 e. The summed E-state index contributed by atoms with van der Waals surface area (Å²) in [5, 5.41) is 20.1. The number of aromatic nitrogens is 6. The fourth-order valence-corrected chi connectivity index (χ4v) is 1.65. The van der Waals surface area contributed by atoms with Gasteiger partial charge in [-0.15, -0.1) is 10.2 Å². The molecule has 0 saturated heterocycles. The van der Waals surface area contributed by atoms with Gasteiger partial charge in [-0.2, -0.15) is 10.3 Å². The molecule has 0 aliphatic rings. The second kappa shape index (κ2) is 6.05. The summed E-state index contributed by atoms with van der Waals surface area (Å²) in [6.07, 6.45) is 2.38. The van der Waals surface area contributed by atoms with Gasteiger partial charge in [-0.1, -0.05) is 5.21 Å². The SMILES string of the molecule is Cc1c(C(=O)NCc2nn[nH]n2)cnn1CCCN. The summed E-state index contributed by atoms with van der Waals surface area (Å²) in [4.78, 5) is 12.0. The van der Waals surface area contributed by atoms with Gasteiger partial charge in [0, 0.05) is 12.2 Å². The Kier molecular flexibility index (Phi) is 4.18. The monoisotopic (exact) mass is 264 g/mol. The molecule has 19 heavy (non-hydrogen) atoms. The maximum absolute atomic E-state index is 12.0. The van der Waals surface area contributed by atoms with Gasteiger partial charge in [0.1, 0.15) is 0 Å². The molecule has 2 aromatic heterocycles. The molecule has 0 unspecified atom stereocenters. The first-order valence-corrected chi connectivity index (χ1v) is 5.95. The number of tetrazole rings is 1. The van der Waals surface area contributed by atoms with Gasteiger partial charge in [0.05, 0.1) is 18.3 Å². The fourth-order valence-electron chi connectivity index (χ4n) is 1.65. The van der Waals surface area contributed by atoms with E-state index in [0.717, 1.165) is 12.1 Å². The first kappa shape index (κ1) is 13.1. The predicted molar refractivity (Wildman–Crippen MR) is 66.0 cm³/mol. The molecule has 1 amide bonds. The molecular weight excluding hydrogens is 248 g/mol. The third-order valence-electron chi connectivity index (χ3n) is 2.72. The van der Waals surface area contributed by atoms with Gasteiger partial charge in [0.25, 0.3) is 5.91 Å². The molecule has 9 heteroatoms. The number of nitrogens with two attached hydrogens (primary N) is 1. The van der Waals surface area contributed by atoms with E-state index in [1.807, 2.05) is 6.92 Å². The van der Waals surface area contributed by atoms with Gasteiger partial charge < -0.3 is 11.1 Å². The first-order chi connectivity index (χ1) is 9.22. The van der Waals surface area contributed by atoms with Crippen LogP contribution in [0.1, 0.15) is 28.3 Å². The van der Waals surface area contributed by atoms with E-state index < -0.39 is 0 Å². The molecule has 0 aliphatic heterocycles. The number of rotatable bonds is 6. The van der Waals surface area contributed by atoms with Crippen LogP contribution in [0.5, 0.6) is 0 Å². The Balaban J connectivity index is 1.97. The van der Waals surface area contributed by atoms with Crippen molar-refractivity contribution in [2.24, 2.45) is 5.73 Å². The minimum absolute atomic E-state index is 0.207. The van der Waals surface area contributed by atoms with Crippen molar-refractivity contribution >= 4 is 5.91 Å². The normalized spacial score (nSPS) is 10.6. The summed E-state index contributed by atoms with van der Waals surface area (Å²) in [5.41, 5.74) is 6.81. The van der Waals surface area contributed by atoms with Gasteiger partial charge in [-0.25, -0.2) is 0 Å². The maximum Gasteiger partial charge on any atom is 0.255 e. The molecular formula is C10H16N8O. The zero-order valence-corrected chi connectivity index (χ0v) is 10.6. The molecule has 0 aliphatic carbocycles. The molecule has 0 spiro atoms. The number of hydrogen-bond acceptors (Lipinski definition) is 6. The number of hydrogen-bond donors (Lipinski definition) is 3. The molecule has 102 valence electrons. The van der Waals surface area contributed by atoms with E-state index >= 15 is 0 Å². The van der Waals surface area contributed by atoms with Crippen LogP contribution < -0.4 is 11.1 Å². The van der Waals surface area contributed by atoms with Crippen molar-refractivity contribution in [1.82, 2.24) is 35.7 Å². The highest BCUT2D eigenvalue weighted by Gasteiger charge is 2.14. The Morgan fingerprint density at radius 1 is 1.58 bits per heavy atom. The van der Waals surface area contributed by atoms with Crippen LogP contribution in [0.15, 0.2) is 6.20 Å². The van der Waals surface area contributed by atoms with Crippen molar-refractivity contribution < 1.29 is 4.79 Å². The van der Waals surface area contributed by atoms with Crippen molar-refractivity contribution in [3.05, 3.63) is 23.3 Å². The van der Waals surface area contributed by atoms with Crippen LogP contribution in [0.2, 0.25) is 0 Å². The van der Waals surface area contributed by atoms with Crippen LogP contribution in [0.3, 0.4) is 0 Å². The van der Waals surface area contributed by atoms with E-state index in [1.54, 1.807) is 10.9 Å². The molecule has 4 N–H and O–H groups in total. The zero-order valence-electron chi connectivity index (χ0n) is 10.6. The molecule has 0 aromatic carbocycles. The lowest BCUT2D eigenvalue weighted by molar-refractivity contribution is 0.0949. The lowest BCUT2D eigenvalue weighted by atomic mass is 10.2. The number of carbonyl (C=O) groups is 1. The highest BCUT2D eigenvalue weighted by molar-refractivity contribution is 5.94. The van der Waals surface area contributed by atoms with E-state index in [1.165, 1.54) is 0 Å². The third kappa shape index (κ3) is 3.13. The van der Waals surface area contributed by atoms with Crippen molar-refractivity contribution in [2.45, 2.75) is 26.4 Å². The molecule has 0 atom stereocenters. The summed E-state index contributed by atoms with van der Waals surface area (Å²) < 4.78 is 1.77. The fraction of sp³-hybridized carbons (Fsp3) is 0.500. The van der Waals surface area contributed by atoms with Crippen LogP contribution in [0, 0.1) is 6.92 Å². The number of H-pyrrole nitrogens is 1. The Bertz CT molecular complexity index is 532. The maximum atomic E-state index is 12.0. The molecule has 2 heterocycles. The predicted octanol–water partition coefficient (Wildman–Crippen LogP) is -1.02. The molecule has 2 rings (SSSR count). The van der Waals surface area contributed by atoms with E-state index in [4.69, 9.17) is 5.73 Å². The minimum Gasteiger partial charge on any atom is -0.344 e. The zero-order chi connectivity index (χ0) is 13.7. The Morgan fingerprint density at radius 2 is 2.42 bits per heavy atom. The topological polar surface area (TPSA) is 127 Å². The van der Waals surface area contributed by atoms with Gasteiger partial charge in [-0.3, -0.25) is 9.48 Å². The van der Waals surface area contributed by atoms with Crippen LogP contribution >= 0.6 is 0 Å². The lowest BCUT2D eigenvalue weighted by Crippen LogP contribution is -2.24. The van der Waals surface area contributed by atoms with Gasteiger partial charge in [0.2, 0.25) is 0 Å². The Hall–Kier alpha value is -2.29. The summed E-state index contributed by atoms with van der Waals surface area (Å²) in [5.74, 6) is 0.225. The second-order valence-electron chi connectivity index (χ2n) is 4.02. The smallest absolute Gasteiger partial charge is 0.255 e. The summed E-state index contributed by atoms with van der Waals surface area (Å²) in [6.45, 7) is 3.38. The number of nitrogens with one attached hydrogen (secondary N) is 2. The first-order valence-electron chi connectivity index (χ1n) is 5.95. The van der Waals surface area contributed by atoms with Crippen molar-refractivity contribution in [1.29, 1.82) is 0 Å². The van der Waals surface area contributed by atoms with Crippen LogP contribution in [-0.4, -0.2) is 42.9 Å². The summed E-state index contributed by atoms with van der Waals surface area (Å²) >= 11 is 0. The van der Waals surface area contributed by atoms with E-state index in [-0.39, 0.29) is 12.5 Å². The molecule has 2 aromatic rings. The number of carbonyl (C=O) groups excluding carboxylic acids is 1. The number of nitrogens with zero attached hydrogens (tertiary/aromatic N) is 5. The van der Waals surface area contributed by atoms with Gasteiger partial charge in [0.15, 0.2) is 5.82 Å². The number of amides is 1. The Labute approximate surface area is 109 Å². The van der Waals surface area contributed by atoms with E-state index in [2.05, 4.69) is 31.0 Å². The van der Waals surface area contributed by atoms with Crippen molar-refractivity contribution in [3.8, 4) is 0 Å². The molecule has 0 saturated carbocycles. The van der Waals surface area contributed by atoms with E-state index in [0.29, 0.717) is 24.5 Å². The Morgan fingerprint density at radius 3 is 3.11 bits per heavy atom. The molecule has 0 radical (unpaired) electrons. The lowest BCUT2D eigenvalue weighted by Gasteiger charge is -2.04. The van der Waals surface area contributed by atoms with Crippen molar-refractivity contribution in [2.75, 3.05) is 6.54 Å². The number of aryl methyl sites for hydroxylation is 1. The van der Waals surface area contributed by atoms with Gasteiger partial charge in [-0.05, 0) is 19.9 Å². The average Bonchev–Trinajstić information content (AvgIpc) is 3.03. The summed E-state index contributed by atoms with van der Waals surface area (Å²) in [7, 11) is 0. The quantitative estimate of drug-likeness (QED) is 0.613. The van der Waals surface area contributed by atoms with Crippen LogP contribution in [-0.2, 0) is 13.1 Å². The van der Waals surface area contributed by atoms with E-state index in [9.17, 15) is 4.79 Å². The minimum atomic E-state index is -0.207. The summed E-state index contributed by atoms with van der Waals surface area (Å²) in [6, 6.07) is 0. The standard InChI is InChI=1S/C10H16N8O/c1-7-8(5-13-18(7)4-2-3-11)10(19)12-6-9-14-16-17-15-9/h5H,2-4,6,11H2,1H3,(H,12,19)(H,14,15,16,17). The van der Waals surface area contributed by atoms with Crippen LogP contribution in [0.25, 0.3) is 0 Å². The average molecular weight is 264 g/mol. The van der Waals surface area contributed by atoms with Crippen LogP contribution in [0.4, 0.5) is 0 Å². The third-order valence-corrected chi connectivity index (χ3v) is 2.72. The van der Waals surface area contributed by atoms with Crippen molar-refractivity contribution in [3.63, 3.8) is 0 Å². The van der Waals surface area contributed by atoms with Gasteiger partial charge >= 0.3 is 0 Å². The molecule has 9 nitrogen and oxygen atoms in total.